The number of hydrogen-bond donors (Lipinski definition) is 1. The van der Waals surface area contributed by atoms with Gasteiger partial charge in [-0.15, -0.1) is 0 Å². The summed E-state index contributed by atoms with van der Waals surface area (Å²) < 4.78 is 9.91. The number of methoxy groups -OCH3 is 1. The Labute approximate surface area is 132 Å². The average molecular weight is 307 g/mol. The van der Waals surface area contributed by atoms with E-state index in [4.69, 9.17) is 9.47 Å². The van der Waals surface area contributed by atoms with E-state index in [9.17, 15) is 9.59 Å². The molecule has 1 amide bonds. The van der Waals surface area contributed by atoms with Gasteiger partial charge in [0, 0.05) is 6.04 Å². The molecule has 0 aromatic heterocycles. The third kappa shape index (κ3) is 6.16. The van der Waals surface area contributed by atoms with Crippen LogP contribution in [0.4, 0.5) is 4.79 Å². The first-order chi connectivity index (χ1) is 10.6. The minimum absolute atomic E-state index is 0.156. The summed E-state index contributed by atoms with van der Waals surface area (Å²) >= 11 is 0. The number of carbonyl (C=O) groups is 2. The van der Waals surface area contributed by atoms with Crippen LogP contribution in [-0.4, -0.2) is 25.2 Å². The van der Waals surface area contributed by atoms with Crippen LogP contribution in [0.25, 0.3) is 0 Å². The van der Waals surface area contributed by atoms with Gasteiger partial charge in [0.2, 0.25) is 0 Å². The third-order valence-corrected chi connectivity index (χ3v) is 3.75. The molecule has 0 bridgehead atoms. The Kier molecular flexibility index (Phi) is 8.04. The molecule has 122 valence electrons. The summed E-state index contributed by atoms with van der Waals surface area (Å²) in [6, 6.07) is 9.19. The molecule has 0 saturated heterocycles. The van der Waals surface area contributed by atoms with Crippen LogP contribution in [0.15, 0.2) is 30.3 Å². The van der Waals surface area contributed by atoms with Crippen LogP contribution >= 0.6 is 0 Å². The second-order valence-electron chi connectivity index (χ2n) is 5.17. The Morgan fingerprint density at radius 3 is 2.32 bits per heavy atom. The second kappa shape index (κ2) is 9.82. The van der Waals surface area contributed by atoms with Crippen molar-refractivity contribution in [1.29, 1.82) is 0 Å². The first-order valence-corrected chi connectivity index (χ1v) is 7.64. The Morgan fingerprint density at radius 1 is 1.14 bits per heavy atom. The number of benzene rings is 1. The van der Waals surface area contributed by atoms with Crippen molar-refractivity contribution in [2.45, 2.75) is 45.8 Å². The predicted molar refractivity (Wildman–Crippen MR) is 84.3 cm³/mol. The molecule has 1 N–H and O–H groups in total. The average Bonchev–Trinajstić information content (AvgIpc) is 2.54. The van der Waals surface area contributed by atoms with E-state index < -0.39 is 6.09 Å². The minimum Gasteiger partial charge on any atom is -0.469 e. The molecule has 0 aliphatic carbocycles. The molecule has 1 aromatic rings. The normalized spacial score (nSPS) is 11.8. The van der Waals surface area contributed by atoms with Gasteiger partial charge in [0.25, 0.3) is 0 Å². The molecule has 5 nitrogen and oxygen atoms in total. The molecule has 1 aromatic carbocycles. The predicted octanol–water partition coefficient (Wildman–Crippen LogP) is 3.28. The molecule has 5 heteroatoms. The van der Waals surface area contributed by atoms with Gasteiger partial charge in [-0.2, -0.15) is 0 Å². The Bertz CT molecular complexity index is 457. The van der Waals surface area contributed by atoms with Crippen molar-refractivity contribution in [2.24, 2.45) is 5.92 Å². The smallest absolute Gasteiger partial charge is 0.407 e. The van der Waals surface area contributed by atoms with Gasteiger partial charge in [-0.05, 0) is 11.5 Å². The zero-order chi connectivity index (χ0) is 16.4. The number of ether oxygens (including phenoxy) is 2. The van der Waals surface area contributed by atoms with Crippen LogP contribution in [-0.2, 0) is 20.9 Å². The fraction of sp³-hybridized carbons (Fsp3) is 0.529. The lowest BCUT2D eigenvalue weighted by molar-refractivity contribution is -0.141. The highest BCUT2D eigenvalue weighted by molar-refractivity contribution is 5.72. The van der Waals surface area contributed by atoms with Gasteiger partial charge in [-0.1, -0.05) is 57.0 Å². The largest absolute Gasteiger partial charge is 0.469 e. The highest BCUT2D eigenvalue weighted by Gasteiger charge is 2.24. The van der Waals surface area contributed by atoms with E-state index in [1.165, 1.54) is 7.11 Å². The quantitative estimate of drug-likeness (QED) is 0.749. The summed E-state index contributed by atoms with van der Waals surface area (Å²) in [5, 5.41) is 2.79. The van der Waals surface area contributed by atoms with Crippen molar-refractivity contribution < 1.29 is 19.1 Å². The lowest BCUT2D eigenvalue weighted by Gasteiger charge is -2.25. The van der Waals surface area contributed by atoms with Crippen LogP contribution in [0.1, 0.15) is 38.7 Å². The first-order valence-electron chi connectivity index (χ1n) is 7.64. The highest BCUT2D eigenvalue weighted by atomic mass is 16.5. The molecular weight excluding hydrogens is 282 g/mol. The maximum Gasteiger partial charge on any atom is 0.407 e. The maximum atomic E-state index is 11.9. The van der Waals surface area contributed by atoms with Crippen LogP contribution in [0.5, 0.6) is 0 Å². The molecule has 0 saturated carbocycles. The zero-order valence-corrected chi connectivity index (χ0v) is 13.5. The third-order valence-electron chi connectivity index (χ3n) is 3.75. The number of nitrogens with one attached hydrogen (secondary N) is 1. The summed E-state index contributed by atoms with van der Waals surface area (Å²) in [4.78, 5) is 23.5. The zero-order valence-electron chi connectivity index (χ0n) is 13.5. The molecule has 1 rings (SSSR count). The van der Waals surface area contributed by atoms with Crippen molar-refractivity contribution >= 4 is 12.1 Å². The van der Waals surface area contributed by atoms with E-state index in [2.05, 4.69) is 5.32 Å². The number of rotatable bonds is 8. The minimum atomic E-state index is -0.510. The fourth-order valence-corrected chi connectivity index (χ4v) is 2.37. The van der Waals surface area contributed by atoms with Crippen LogP contribution in [0.2, 0.25) is 0 Å². The second-order valence-corrected chi connectivity index (χ2v) is 5.17. The maximum absolute atomic E-state index is 11.9. The van der Waals surface area contributed by atoms with Gasteiger partial charge in [-0.25, -0.2) is 4.79 Å². The van der Waals surface area contributed by atoms with E-state index in [1.807, 2.05) is 44.2 Å². The van der Waals surface area contributed by atoms with Crippen molar-refractivity contribution in [3.63, 3.8) is 0 Å². The number of carbonyl (C=O) groups excluding carboxylic acids is 2. The molecule has 0 aliphatic rings. The van der Waals surface area contributed by atoms with Gasteiger partial charge in [0.15, 0.2) is 0 Å². The van der Waals surface area contributed by atoms with E-state index in [1.54, 1.807) is 0 Å². The summed E-state index contributed by atoms with van der Waals surface area (Å²) in [7, 11) is 1.35. The molecular formula is C17H25NO4. The van der Waals surface area contributed by atoms with Crippen molar-refractivity contribution in [3.05, 3.63) is 35.9 Å². The molecule has 0 fully saturated rings. The molecule has 0 radical (unpaired) electrons. The standard InChI is InChI=1S/C17H25NO4/c1-4-14(5-2)15(11-16(19)21-3)18-17(20)22-12-13-9-7-6-8-10-13/h6-10,14-15H,4-5,11-12H2,1-3H3,(H,18,20)/t15-/m1/s1. The number of alkyl carbamates (subject to hydrolysis) is 1. The van der Waals surface area contributed by atoms with Crippen molar-refractivity contribution in [2.75, 3.05) is 7.11 Å². The van der Waals surface area contributed by atoms with Gasteiger partial charge in [0.05, 0.1) is 13.5 Å². The Hall–Kier alpha value is -2.04. The first kappa shape index (κ1) is 18.0. The molecule has 0 aliphatic heterocycles. The van der Waals surface area contributed by atoms with E-state index in [0.717, 1.165) is 18.4 Å². The summed E-state index contributed by atoms with van der Waals surface area (Å²) in [6.45, 7) is 4.28. The van der Waals surface area contributed by atoms with E-state index in [-0.39, 0.29) is 31.0 Å². The van der Waals surface area contributed by atoms with E-state index in [0.29, 0.717) is 0 Å². The lowest BCUT2D eigenvalue weighted by atomic mass is 9.92. The summed E-state index contributed by atoms with van der Waals surface area (Å²) in [5.41, 5.74) is 0.921. The SMILES string of the molecule is CCC(CC)[C@@H](CC(=O)OC)NC(=O)OCc1ccccc1. The van der Waals surface area contributed by atoms with Gasteiger partial charge in [0.1, 0.15) is 6.61 Å². The Balaban J connectivity index is 2.56. The fourth-order valence-electron chi connectivity index (χ4n) is 2.37. The molecule has 0 spiro atoms. The number of esters is 1. The molecule has 0 unspecified atom stereocenters. The van der Waals surface area contributed by atoms with Gasteiger partial charge >= 0.3 is 12.1 Å². The number of amides is 1. The highest BCUT2D eigenvalue weighted by Crippen LogP contribution is 2.17. The van der Waals surface area contributed by atoms with Crippen molar-refractivity contribution in [1.82, 2.24) is 5.32 Å². The van der Waals surface area contributed by atoms with E-state index >= 15 is 0 Å². The molecule has 1 atom stereocenters. The van der Waals surface area contributed by atoms with Crippen LogP contribution in [0, 0.1) is 5.92 Å². The van der Waals surface area contributed by atoms with Crippen LogP contribution in [0.3, 0.4) is 0 Å². The van der Waals surface area contributed by atoms with Crippen molar-refractivity contribution in [3.8, 4) is 0 Å². The summed E-state index contributed by atoms with van der Waals surface area (Å²) in [6.07, 6.45) is 1.39. The van der Waals surface area contributed by atoms with Gasteiger partial charge in [-0.3, -0.25) is 4.79 Å². The molecule has 0 heterocycles. The number of hydrogen-bond acceptors (Lipinski definition) is 4. The van der Waals surface area contributed by atoms with Gasteiger partial charge < -0.3 is 14.8 Å². The Morgan fingerprint density at radius 2 is 1.77 bits per heavy atom. The monoisotopic (exact) mass is 307 g/mol. The summed E-state index contributed by atoms with van der Waals surface area (Å²) in [5.74, 6) is -0.122. The lowest BCUT2D eigenvalue weighted by Crippen LogP contribution is -2.42. The molecule has 22 heavy (non-hydrogen) atoms. The topological polar surface area (TPSA) is 64.6 Å². The van der Waals surface area contributed by atoms with Crippen LogP contribution < -0.4 is 5.32 Å².